The Hall–Kier alpha value is -3.81. The number of carbonyl (C=O) groups excluding carboxylic acids is 2. The molecule has 0 saturated heterocycles. The van der Waals surface area contributed by atoms with E-state index in [1.54, 1.807) is 30.3 Å². The van der Waals surface area contributed by atoms with E-state index in [0.29, 0.717) is 35.8 Å². The van der Waals surface area contributed by atoms with E-state index in [-0.39, 0.29) is 24.6 Å². The van der Waals surface area contributed by atoms with Crippen LogP contribution in [0.25, 0.3) is 0 Å². The van der Waals surface area contributed by atoms with Crippen LogP contribution in [0.15, 0.2) is 42.5 Å². The van der Waals surface area contributed by atoms with Gasteiger partial charge in [0.1, 0.15) is 5.82 Å². The molecule has 0 radical (unpaired) electrons. The van der Waals surface area contributed by atoms with Gasteiger partial charge >= 0.3 is 5.97 Å². The molecule has 1 aromatic heterocycles. The van der Waals surface area contributed by atoms with Crippen molar-refractivity contribution in [1.82, 2.24) is 4.57 Å². The van der Waals surface area contributed by atoms with Crippen LogP contribution in [0.3, 0.4) is 0 Å². The molecule has 0 aliphatic rings. The first-order chi connectivity index (χ1) is 16.8. The Kier molecular flexibility index (Phi) is 8.52. The number of aromatic nitrogens is 1. The van der Waals surface area contributed by atoms with Crippen LogP contribution in [-0.2, 0) is 22.5 Å². The van der Waals surface area contributed by atoms with E-state index in [0.717, 1.165) is 22.5 Å². The van der Waals surface area contributed by atoms with Gasteiger partial charge in [0.2, 0.25) is 11.5 Å². The average molecular weight is 484 g/mol. The molecule has 0 unspecified atom stereocenters. The second-order valence-electron chi connectivity index (χ2n) is 8.11. The normalized spacial score (nSPS) is 10.7. The molecule has 35 heavy (non-hydrogen) atoms. The number of hydrogen-bond donors (Lipinski definition) is 0. The smallest absolute Gasteiger partial charge is 0.306 e. The molecule has 0 fully saturated rings. The number of hydrogen-bond acceptors (Lipinski definition) is 6. The summed E-state index contributed by atoms with van der Waals surface area (Å²) in [5.74, 6) is 0.432. The zero-order chi connectivity index (χ0) is 25.5. The molecule has 0 atom stereocenters. The van der Waals surface area contributed by atoms with Gasteiger partial charge in [0.05, 0.1) is 21.3 Å². The predicted octanol–water partition coefficient (Wildman–Crippen LogP) is 4.68. The third-order valence-electron chi connectivity index (χ3n) is 5.83. The van der Waals surface area contributed by atoms with Gasteiger partial charge in [-0.15, -0.1) is 0 Å². The van der Waals surface area contributed by atoms with E-state index in [1.165, 1.54) is 33.5 Å². The molecular formula is C27H30FNO6. The maximum absolute atomic E-state index is 13.2. The summed E-state index contributed by atoms with van der Waals surface area (Å²) in [5.41, 5.74) is 3.90. The fourth-order valence-electron chi connectivity index (χ4n) is 3.92. The van der Waals surface area contributed by atoms with E-state index in [1.807, 2.05) is 18.4 Å². The fraction of sp³-hybridized carbons (Fsp3) is 0.333. The van der Waals surface area contributed by atoms with Crippen molar-refractivity contribution in [1.29, 1.82) is 0 Å². The zero-order valence-corrected chi connectivity index (χ0v) is 20.6. The van der Waals surface area contributed by atoms with Crippen molar-refractivity contribution in [3.05, 3.63) is 76.4 Å². The molecule has 1 heterocycles. The first-order valence-corrected chi connectivity index (χ1v) is 11.2. The number of methoxy groups -OCH3 is 3. The Bertz CT molecular complexity index is 1170. The number of ketones is 1. The highest BCUT2D eigenvalue weighted by molar-refractivity contribution is 5.99. The second kappa shape index (κ2) is 11.6. The Morgan fingerprint density at radius 2 is 1.51 bits per heavy atom. The number of benzene rings is 2. The van der Waals surface area contributed by atoms with Crippen molar-refractivity contribution in [3.63, 3.8) is 0 Å². The number of nitrogens with zero attached hydrogens (tertiary/aromatic N) is 1. The Morgan fingerprint density at radius 1 is 0.886 bits per heavy atom. The molecule has 7 nitrogen and oxygen atoms in total. The van der Waals surface area contributed by atoms with Crippen molar-refractivity contribution in [2.75, 3.05) is 27.9 Å². The number of carbonyl (C=O) groups is 2. The lowest BCUT2D eigenvalue weighted by molar-refractivity contribution is -0.142. The summed E-state index contributed by atoms with van der Waals surface area (Å²) >= 11 is 0. The standard InChI is InChI=1S/C27H30FNO6/c1-17-12-22(18(2)29(17)15-19-6-9-21(28)10-7-19)23(30)16-35-26(31)11-8-20-13-24(32-3)27(34-5)25(14-20)33-4/h6-7,9-10,12-14H,8,11,15-16H2,1-5H3. The Labute approximate surface area is 204 Å². The molecule has 0 amide bonds. The lowest BCUT2D eigenvalue weighted by Gasteiger charge is -2.14. The SMILES string of the molecule is COc1cc(CCC(=O)OCC(=O)c2cc(C)n(Cc3ccc(F)cc3)c2C)cc(OC)c1OC. The third kappa shape index (κ3) is 6.20. The first-order valence-electron chi connectivity index (χ1n) is 11.2. The fourth-order valence-corrected chi connectivity index (χ4v) is 3.92. The quantitative estimate of drug-likeness (QED) is 0.291. The number of ether oxygens (including phenoxy) is 4. The molecule has 3 aromatic rings. The van der Waals surface area contributed by atoms with Crippen molar-refractivity contribution in [2.45, 2.75) is 33.2 Å². The number of halogens is 1. The Morgan fingerprint density at radius 3 is 2.09 bits per heavy atom. The summed E-state index contributed by atoms with van der Waals surface area (Å²) in [6.07, 6.45) is 0.478. The minimum Gasteiger partial charge on any atom is -0.493 e. The van der Waals surface area contributed by atoms with E-state index in [2.05, 4.69) is 0 Å². The largest absolute Gasteiger partial charge is 0.493 e. The highest BCUT2D eigenvalue weighted by atomic mass is 19.1. The van der Waals surface area contributed by atoms with Gasteiger partial charge < -0.3 is 23.5 Å². The number of Topliss-reactive ketones (excluding diaryl/α,β-unsaturated/α-hetero) is 1. The van der Waals surface area contributed by atoms with Crippen LogP contribution in [0.4, 0.5) is 4.39 Å². The predicted molar refractivity (Wildman–Crippen MR) is 129 cm³/mol. The minimum atomic E-state index is -0.479. The van der Waals surface area contributed by atoms with Gasteiger partial charge in [-0.2, -0.15) is 0 Å². The lowest BCUT2D eigenvalue weighted by atomic mass is 10.1. The molecule has 2 aromatic carbocycles. The molecule has 0 aliphatic heterocycles. The van der Waals surface area contributed by atoms with Gasteiger partial charge in [0, 0.05) is 29.9 Å². The Balaban J connectivity index is 1.59. The third-order valence-corrected chi connectivity index (χ3v) is 5.83. The maximum Gasteiger partial charge on any atom is 0.306 e. The summed E-state index contributed by atoms with van der Waals surface area (Å²) in [4.78, 5) is 25.1. The number of esters is 1. The van der Waals surface area contributed by atoms with Crippen LogP contribution < -0.4 is 14.2 Å². The van der Waals surface area contributed by atoms with Crippen molar-refractivity contribution in [2.24, 2.45) is 0 Å². The molecule has 0 N–H and O–H groups in total. The topological polar surface area (TPSA) is 76.0 Å². The molecule has 3 rings (SSSR count). The molecule has 8 heteroatoms. The van der Waals surface area contributed by atoms with Crippen molar-refractivity contribution < 1.29 is 32.9 Å². The first kappa shape index (κ1) is 25.8. The van der Waals surface area contributed by atoms with Gasteiger partial charge in [0.25, 0.3) is 0 Å². The van der Waals surface area contributed by atoms with Gasteiger partial charge in [-0.3, -0.25) is 9.59 Å². The summed E-state index contributed by atoms with van der Waals surface area (Å²) in [6.45, 7) is 3.92. The van der Waals surface area contributed by atoms with Crippen molar-refractivity contribution in [3.8, 4) is 17.2 Å². The number of aryl methyl sites for hydroxylation is 2. The summed E-state index contributed by atoms with van der Waals surface area (Å²) < 4.78 is 36.4. The molecular weight excluding hydrogens is 453 g/mol. The monoisotopic (exact) mass is 483 g/mol. The van der Waals surface area contributed by atoms with Gasteiger partial charge in [-0.25, -0.2) is 4.39 Å². The van der Waals surface area contributed by atoms with Crippen molar-refractivity contribution >= 4 is 11.8 Å². The van der Waals surface area contributed by atoms with Crippen LogP contribution in [0.1, 0.15) is 39.3 Å². The second-order valence-corrected chi connectivity index (χ2v) is 8.11. The lowest BCUT2D eigenvalue weighted by Crippen LogP contribution is -2.15. The summed E-state index contributed by atoms with van der Waals surface area (Å²) in [5, 5.41) is 0. The van der Waals surface area contributed by atoms with E-state index in [9.17, 15) is 14.0 Å². The zero-order valence-electron chi connectivity index (χ0n) is 20.6. The van der Waals surface area contributed by atoms with Crippen LogP contribution in [0.5, 0.6) is 17.2 Å². The molecule has 0 aliphatic carbocycles. The average Bonchev–Trinajstić information content (AvgIpc) is 3.14. The minimum absolute atomic E-state index is 0.0928. The summed E-state index contributed by atoms with van der Waals surface area (Å²) in [6, 6.07) is 11.6. The van der Waals surface area contributed by atoms with E-state index in [4.69, 9.17) is 18.9 Å². The molecule has 0 bridgehead atoms. The number of rotatable bonds is 11. The van der Waals surface area contributed by atoms with Crippen LogP contribution >= 0.6 is 0 Å². The van der Waals surface area contributed by atoms with Crippen LogP contribution in [0.2, 0.25) is 0 Å². The van der Waals surface area contributed by atoms with Gasteiger partial charge in [-0.1, -0.05) is 12.1 Å². The van der Waals surface area contributed by atoms with Crippen LogP contribution in [0, 0.1) is 19.7 Å². The van der Waals surface area contributed by atoms with E-state index >= 15 is 0 Å². The molecule has 0 saturated carbocycles. The summed E-state index contributed by atoms with van der Waals surface area (Å²) in [7, 11) is 4.57. The van der Waals surface area contributed by atoms with Crippen LogP contribution in [-0.4, -0.2) is 44.3 Å². The maximum atomic E-state index is 13.2. The van der Waals surface area contributed by atoms with Gasteiger partial charge in [-0.05, 0) is 61.7 Å². The van der Waals surface area contributed by atoms with Gasteiger partial charge in [0.15, 0.2) is 18.1 Å². The highest BCUT2D eigenvalue weighted by Gasteiger charge is 2.18. The molecule has 0 spiro atoms. The highest BCUT2D eigenvalue weighted by Crippen LogP contribution is 2.38. The van der Waals surface area contributed by atoms with E-state index < -0.39 is 5.97 Å². The molecule has 186 valence electrons.